The van der Waals surface area contributed by atoms with Gasteiger partial charge in [-0.1, -0.05) is 40.7 Å². The zero-order valence-electron chi connectivity index (χ0n) is 15.6. The number of nitrogens with zero attached hydrogens (tertiary/aromatic N) is 2. The number of pyridine rings is 1. The normalized spacial score (nSPS) is 12.1. The van der Waals surface area contributed by atoms with Gasteiger partial charge in [-0.25, -0.2) is 0 Å². The molecule has 0 amide bonds. The van der Waals surface area contributed by atoms with E-state index >= 15 is 0 Å². The second-order valence-corrected chi connectivity index (χ2v) is 9.85. The van der Waals surface area contributed by atoms with Gasteiger partial charge >= 0.3 is 0 Å². The molecule has 23 heavy (non-hydrogen) atoms. The van der Waals surface area contributed by atoms with Gasteiger partial charge in [-0.3, -0.25) is 9.88 Å². The Morgan fingerprint density at radius 2 is 1.61 bits per heavy atom. The van der Waals surface area contributed by atoms with E-state index < -0.39 is 0 Å². The van der Waals surface area contributed by atoms with Crippen LogP contribution in [0.1, 0.15) is 45.9 Å². The average molecular weight is 355 g/mol. The minimum atomic E-state index is 0.323. The van der Waals surface area contributed by atoms with Gasteiger partial charge in [0.15, 0.2) is 0 Å². The van der Waals surface area contributed by atoms with Gasteiger partial charge in [0.05, 0.1) is 5.69 Å². The number of aromatic nitrogens is 1. The third kappa shape index (κ3) is 10.3. The molecule has 2 nitrogen and oxygen atoms in total. The SMILES string of the molecule is CCSCCN(CCSCC)Cc1ccc(CC(C)(C)C)cn1. The summed E-state index contributed by atoms with van der Waals surface area (Å²) >= 11 is 4.05. The number of hydrogen-bond acceptors (Lipinski definition) is 4. The van der Waals surface area contributed by atoms with Gasteiger partial charge in [0.25, 0.3) is 0 Å². The molecule has 0 unspecified atom stereocenters. The van der Waals surface area contributed by atoms with E-state index in [1.807, 2.05) is 23.5 Å². The van der Waals surface area contributed by atoms with Gasteiger partial charge in [0.1, 0.15) is 0 Å². The van der Waals surface area contributed by atoms with Gasteiger partial charge in [0, 0.05) is 37.3 Å². The number of hydrogen-bond donors (Lipinski definition) is 0. The lowest BCUT2D eigenvalue weighted by Gasteiger charge is -2.22. The molecule has 0 aliphatic heterocycles. The molecule has 0 aliphatic carbocycles. The Morgan fingerprint density at radius 1 is 1.00 bits per heavy atom. The van der Waals surface area contributed by atoms with Crippen LogP contribution in [0.25, 0.3) is 0 Å². The first-order valence-corrected chi connectivity index (χ1v) is 11.1. The monoisotopic (exact) mass is 354 g/mol. The van der Waals surface area contributed by atoms with Crippen molar-refractivity contribution in [3.05, 3.63) is 29.6 Å². The third-order valence-corrected chi connectivity index (χ3v) is 5.28. The van der Waals surface area contributed by atoms with E-state index in [4.69, 9.17) is 4.98 Å². The van der Waals surface area contributed by atoms with E-state index in [1.54, 1.807) is 0 Å². The van der Waals surface area contributed by atoms with E-state index in [0.717, 1.165) is 26.1 Å². The van der Waals surface area contributed by atoms with Crippen molar-refractivity contribution in [2.75, 3.05) is 36.1 Å². The van der Waals surface area contributed by atoms with E-state index in [-0.39, 0.29) is 0 Å². The van der Waals surface area contributed by atoms with E-state index in [1.165, 1.54) is 34.3 Å². The highest BCUT2D eigenvalue weighted by Crippen LogP contribution is 2.20. The van der Waals surface area contributed by atoms with Crippen LogP contribution in [0.3, 0.4) is 0 Å². The minimum absolute atomic E-state index is 0.323. The van der Waals surface area contributed by atoms with Crippen molar-refractivity contribution in [2.45, 2.75) is 47.6 Å². The smallest absolute Gasteiger partial charge is 0.0544 e. The topological polar surface area (TPSA) is 16.1 Å². The van der Waals surface area contributed by atoms with Crippen LogP contribution < -0.4 is 0 Å². The highest BCUT2D eigenvalue weighted by Gasteiger charge is 2.12. The Balaban J connectivity index is 2.55. The summed E-state index contributed by atoms with van der Waals surface area (Å²) in [6.07, 6.45) is 3.16. The van der Waals surface area contributed by atoms with Gasteiger partial charge in [-0.05, 0) is 35.0 Å². The van der Waals surface area contributed by atoms with Crippen molar-refractivity contribution in [3.8, 4) is 0 Å². The highest BCUT2D eigenvalue weighted by molar-refractivity contribution is 7.99. The van der Waals surface area contributed by atoms with E-state index in [9.17, 15) is 0 Å². The summed E-state index contributed by atoms with van der Waals surface area (Å²) in [5.41, 5.74) is 2.87. The van der Waals surface area contributed by atoms with Crippen LogP contribution in [-0.2, 0) is 13.0 Å². The maximum Gasteiger partial charge on any atom is 0.0544 e. The van der Waals surface area contributed by atoms with Crippen molar-refractivity contribution in [1.29, 1.82) is 0 Å². The molecular formula is C19H34N2S2. The second kappa shape index (κ2) is 11.4. The summed E-state index contributed by atoms with van der Waals surface area (Å²) in [6.45, 7) is 14.6. The molecule has 0 atom stereocenters. The zero-order chi connectivity index (χ0) is 17.1. The summed E-state index contributed by atoms with van der Waals surface area (Å²) in [4.78, 5) is 7.26. The molecule has 0 aliphatic rings. The molecule has 1 aromatic rings. The number of thioether (sulfide) groups is 2. The molecule has 0 aromatic carbocycles. The second-order valence-electron chi connectivity index (χ2n) is 7.07. The largest absolute Gasteiger partial charge is 0.296 e. The van der Waals surface area contributed by atoms with Crippen LogP contribution in [0.15, 0.2) is 18.3 Å². The summed E-state index contributed by atoms with van der Waals surface area (Å²) in [6, 6.07) is 4.47. The fourth-order valence-electron chi connectivity index (χ4n) is 2.44. The van der Waals surface area contributed by atoms with E-state index in [2.05, 4.69) is 57.8 Å². The molecule has 0 radical (unpaired) electrons. The minimum Gasteiger partial charge on any atom is -0.296 e. The van der Waals surface area contributed by atoms with Gasteiger partial charge in [0.2, 0.25) is 0 Å². The van der Waals surface area contributed by atoms with Crippen LogP contribution in [0.4, 0.5) is 0 Å². The van der Waals surface area contributed by atoms with Crippen LogP contribution in [0, 0.1) is 5.41 Å². The molecule has 4 heteroatoms. The van der Waals surface area contributed by atoms with Gasteiger partial charge in [-0.2, -0.15) is 23.5 Å². The maximum atomic E-state index is 4.70. The van der Waals surface area contributed by atoms with Crippen molar-refractivity contribution in [2.24, 2.45) is 5.41 Å². The lowest BCUT2D eigenvalue weighted by atomic mass is 9.89. The van der Waals surface area contributed by atoms with Crippen molar-refractivity contribution >= 4 is 23.5 Å². The lowest BCUT2D eigenvalue weighted by Crippen LogP contribution is -2.28. The predicted octanol–water partition coefficient (Wildman–Crippen LogP) is 4.98. The molecule has 0 N–H and O–H groups in total. The fraction of sp³-hybridized carbons (Fsp3) is 0.737. The zero-order valence-corrected chi connectivity index (χ0v) is 17.2. The third-order valence-electron chi connectivity index (χ3n) is 3.52. The van der Waals surface area contributed by atoms with Crippen LogP contribution in [-0.4, -0.2) is 46.0 Å². The summed E-state index contributed by atoms with van der Waals surface area (Å²) in [5.74, 6) is 4.85. The molecule has 132 valence electrons. The molecule has 0 saturated carbocycles. The van der Waals surface area contributed by atoms with Crippen molar-refractivity contribution in [1.82, 2.24) is 9.88 Å². The van der Waals surface area contributed by atoms with Crippen molar-refractivity contribution < 1.29 is 0 Å². The molecule has 1 heterocycles. The maximum absolute atomic E-state index is 4.70. The molecule has 0 spiro atoms. The van der Waals surface area contributed by atoms with E-state index in [0.29, 0.717) is 5.41 Å². The first-order chi connectivity index (χ1) is 10.9. The Kier molecular flexibility index (Phi) is 10.3. The van der Waals surface area contributed by atoms with Crippen molar-refractivity contribution in [3.63, 3.8) is 0 Å². The average Bonchev–Trinajstić information content (AvgIpc) is 2.48. The molecular weight excluding hydrogens is 320 g/mol. The van der Waals surface area contributed by atoms with Gasteiger partial charge in [-0.15, -0.1) is 0 Å². The first-order valence-electron chi connectivity index (χ1n) is 8.76. The molecule has 0 saturated heterocycles. The van der Waals surface area contributed by atoms with Crippen LogP contribution >= 0.6 is 23.5 Å². The first kappa shape index (κ1) is 20.9. The Labute approximate surface area is 152 Å². The van der Waals surface area contributed by atoms with Gasteiger partial charge < -0.3 is 0 Å². The molecule has 1 rings (SSSR count). The highest BCUT2D eigenvalue weighted by atomic mass is 32.2. The quantitative estimate of drug-likeness (QED) is 0.521. The summed E-state index contributed by atoms with van der Waals surface area (Å²) in [5, 5.41) is 0. The standard InChI is InChI=1S/C19H34N2S2/c1-6-22-12-10-21(11-13-23-7-2)16-18-9-8-17(15-20-18)14-19(3,4)5/h8-9,15H,6-7,10-14,16H2,1-5H3. The fourth-order valence-corrected chi connectivity index (χ4v) is 3.79. The number of rotatable bonds is 11. The summed E-state index contributed by atoms with van der Waals surface area (Å²) in [7, 11) is 0. The predicted molar refractivity (Wildman–Crippen MR) is 109 cm³/mol. The lowest BCUT2D eigenvalue weighted by molar-refractivity contribution is 0.297. The molecule has 0 fully saturated rings. The Morgan fingerprint density at radius 3 is 2.04 bits per heavy atom. The molecule has 0 bridgehead atoms. The van der Waals surface area contributed by atoms with Crippen LogP contribution in [0.5, 0.6) is 0 Å². The summed E-state index contributed by atoms with van der Waals surface area (Å²) < 4.78 is 0. The Hall–Kier alpha value is -0.190. The molecule has 1 aromatic heterocycles. The Bertz CT molecular complexity index is 402. The van der Waals surface area contributed by atoms with Crippen LogP contribution in [0.2, 0.25) is 0 Å².